The SMILES string of the molecule is Cc1nc(N)c(C)c(Sc2cccs2)n1. The van der Waals surface area contributed by atoms with Crippen LogP contribution in [-0.4, -0.2) is 9.97 Å². The van der Waals surface area contributed by atoms with Gasteiger partial charge in [0.2, 0.25) is 0 Å². The Morgan fingerprint density at radius 1 is 1.33 bits per heavy atom. The van der Waals surface area contributed by atoms with E-state index in [1.807, 2.05) is 19.9 Å². The molecule has 0 atom stereocenters. The second kappa shape index (κ2) is 4.20. The monoisotopic (exact) mass is 237 g/mol. The van der Waals surface area contributed by atoms with E-state index in [1.165, 1.54) is 4.21 Å². The van der Waals surface area contributed by atoms with Gasteiger partial charge < -0.3 is 5.73 Å². The molecular weight excluding hydrogens is 226 g/mol. The summed E-state index contributed by atoms with van der Waals surface area (Å²) >= 11 is 3.34. The van der Waals surface area contributed by atoms with Crippen molar-refractivity contribution < 1.29 is 0 Å². The zero-order valence-electron chi connectivity index (χ0n) is 8.52. The van der Waals surface area contributed by atoms with Gasteiger partial charge in [-0.2, -0.15) is 0 Å². The van der Waals surface area contributed by atoms with Crippen molar-refractivity contribution in [3.05, 3.63) is 28.9 Å². The summed E-state index contributed by atoms with van der Waals surface area (Å²) in [6.45, 7) is 3.80. The summed E-state index contributed by atoms with van der Waals surface area (Å²) in [6, 6.07) is 4.10. The van der Waals surface area contributed by atoms with Crippen LogP contribution < -0.4 is 5.73 Å². The lowest BCUT2D eigenvalue weighted by atomic mass is 10.3. The average Bonchev–Trinajstić information content (AvgIpc) is 2.66. The van der Waals surface area contributed by atoms with Gasteiger partial charge in [-0.1, -0.05) is 17.8 Å². The third-order valence-electron chi connectivity index (χ3n) is 1.94. The van der Waals surface area contributed by atoms with Crippen molar-refractivity contribution in [2.24, 2.45) is 0 Å². The Kier molecular flexibility index (Phi) is 2.93. The third-order valence-corrected chi connectivity index (χ3v) is 4.07. The molecule has 2 rings (SSSR count). The van der Waals surface area contributed by atoms with Crippen LogP contribution in [0.5, 0.6) is 0 Å². The Bertz CT molecular complexity index is 466. The van der Waals surface area contributed by atoms with E-state index in [-0.39, 0.29) is 0 Å². The predicted molar refractivity (Wildman–Crippen MR) is 64.4 cm³/mol. The third kappa shape index (κ3) is 2.30. The van der Waals surface area contributed by atoms with Gasteiger partial charge in [-0.15, -0.1) is 11.3 Å². The van der Waals surface area contributed by atoms with Crippen LogP contribution in [0.15, 0.2) is 26.7 Å². The van der Waals surface area contributed by atoms with Crippen molar-refractivity contribution in [3.63, 3.8) is 0 Å². The molecule has 0 amide bonds. The molecule has 0 aliphatic rings. The highest BCUT2D eigenvalue weighted by Crippen LogP contribution is 2.33. The smallest absolute Gasteiger partial charge is 0.131 e. The van der Waals surface area contributed by atoms with Crippen LogP contribution >= 0.6 is 23.1 Å². The number of aryl methyl sites for hydroxylation is 1. The molecule has 2 aromatic rings. The predicted octanol–water partition coefficient (Wildman–Crippen LogP) is 2.89. The highest BCUT2D eigenvalue weighted by molar-refractivity contribution is 8.01. The van der Waals surface area contributed by atoms with E-state index in [1.54, 1.807) is 23.1 Å². The number of nitrogens with zero attached hydrogens (tertiary/aromatic N) is 2. The normalized spacial score (nSPS) is 10.5. The molecule has 15 heavy (non-hydrogen) atoms. The number of hydrogen-bond donors (Lipinski definition) is 1. The molecule has 0 aliphatic heterocycles. The summed E-state index contributed by atoms with van der Waals surface area (Å²) < 4.78 is 1.22. The van der Waals surface area contributed by atoms with Crippen LogP contribution in [0.25, 0.3) is 0 Å². The van der Waals surface area contributed by atoms with E-state index in [0.29, 0.717) is 5.82 Å². The lowest BCUT2D eigenvalue weighted by Gasteiger charge is -2.06. The van der Waals surface area contributed by atoms with Crippen molar-refractivity contribution in [2.75, 3.05) is 5.73 Å². The Morgan fingerprint density at radius 2 is 2.13 bits per heavy atom. The number of rotatable bonds is 2. The summed E-state index contributed by atoms with van der Waals surface area (Å²) in [6.07, 6.45) is 0. The van der Waals surface area contributed by atoms with E-state index in [2.05, 4.69) is 21.4 Å². The molecule has 3 nitrogen and oxygen atoms in total. The van der Waals surface area contributed by atoms with E-state index in [4.69, 9.17) is 5.73 Å². The Hall–Kier alpha value is -1.07. The van der Waals surface area contributed by atoms with Gasteiger partial charge in [0.15, 0.2) is 0 Å². The Labute approximate surface area is 96.8 Å². The van der Waals surface area contributed by atoms with Crippen LogP contribution in [0.4, 0.5) is 5.82 Å². The van der Waals surface area contributed by atoms with Gasteiger partial charge in [0.25, 0.3) is 0 Å². The summed E-state index contributed by atoms with van der Waals surface area (Å²) in [4.78, 5) is 8.51. The largest absolute Gasteiger partial charge is 0.383 e. The molecule has 78 valence electrons. The highest BCUT2D eigenvalue weighted by Gasteiger charge is 2.08. The summed E-state index contributed by atoms with van der Waals surface area (Å²) in [5.74, 6) is 1.29. The Morgan fingerprint density at radius 3 is 2.80 bits per heavy atom. The molecule has 0 saturated carbocycles. The molecule has 0 aliphatic carbocycles. The Balaban J connectivity index is 2.36. The fourth-order valence-corrected chi connectivity index (χ4v) is 2.96. The molecule has 0 bridgehead atoms. The fraction of sp³-hybridized carbons (Fsp3) is 0.200. The van der Waals surface area contributed by atoms with E-state index >= 15 is 0 Å². The number of aromatic nitrogens is 2. The first kappa shape index (κ1) is 10.4. The van der Waals surface area contributed by atoms with Crippen molar-refractivity contribution in [1.29, 1.82) is 0 Å². The standard InChI is InChI=1S/C10H11N3S2/c1-6-9(11)12-7(2)13-10(6)15-8-4-3-5-14-8/h3-5H,1-2H3,(H2,11,12,13). The first-order valence-electron chi connectivity index (χ1n) is 4.49. The van der Waals surface area contributed by atoms with Crippen LogP contribution in [0.2, 0.25) is 0 Å². The molecule has 2 aromatic heterocycles. The zero-order valence-corrected chi connectivity index (χ0v) is 10.2. The van der Waals surface area contributed by atoms with Crippen LogP contribution in [0, 0.1) is 13.8 Å². The van der Waals surface area contributed by atoms with Gasteiger partial charge in [-0.25, -0.2) is 9.97 Å². The molecule has 2 heterocycles. The molecule has 0 radical (unpaired) electrons. The number of anilines is 1. The minimum Gasteiger partial charge on any atom is -0.383 e. The summed E-state index contributed by atoms with van der Waals surface area (Å²) in [7, 11) is 0. The maximum atomic E-state index is 5.79. The first-order valence-corrected chi connectivity index (χ1v) is 6.18. The fourth-order valence-electron chi connectivity index (χ4n) is 1.14. The van der Waals surface area contributed by atoms with Gasteiger partial charge in [-0.3, -0.25) is 0 Å². The lowest BCUT2D eigenvalue weighted by molar-refractivity contribution is 0.947. The number of nitrogens with two attached hydrogens (primary N) is 1. The number of thiophene rings is 1. The second-order valence-corrected chi connectivity index (χ2v) is 5.36. The van der Waals surface area contributed by atoms with Crippen molar-refractivity contribution in [3.8, 4) is 0 Å². The topological polar surface area (TPSA) is 51.8 Å². The minimum absolute atomic E-state index is 0.571. The molecule has 0 unspecified atom stereocenters. The van der Waals surface area contributed by atoms with Crippen molar-refractivity contribution >= 4 is 28.9 Å². The second-order valence-electron chi connectivity index (χ2n) is 3.12. The highest BCUT2D eigenvalue weighted by atomic mass is 32.2. The summed E-state index contributed by atoms with van der Waals surface area (Å²) in [5, 5.41) is 3.00. The lowest BCUT2D eigenvalue weighted by Crippen LogP contribution is -2.00. The maximum Gasteiger partial charge on any atom is 0.131 e. The summed E-state index contributed by atoms with van der Waals surface area (Å²) in [5.41, 5.74) is 6.75. The molecule has 0 spiro atoms. The zero-order chi connectivity index (χ0) is 10.8. The molecule has 5 heteroatoms. The van der Waals surface area contributed by atoms with Gasteiger partial charge in [-0.05, 0) is 25.3 Å². The maximum absolute atomic E-state index is 5.79. The van der Waals surface area contributed by atoms with Crippen LogP contribution in [0.3, 0.4) is 0 Å². The van der Waals surface area contributed by atoms with E-state index in [0.717, 1.165) is 16.4 Å². The molecule has 0 saturated heterocycles. The van der Waals surface area contributed by atoms with Gasteiger partial charge in [0, 0.05) is 5.56 Å². The molecule has 2 N–H and O–H groups in total. The number of hydrogen-bond acceptors (Lipinski definition) is 5. The van der Waals surface area contributed by atoms with Crippen LogP contribution in [-0.2, 0) is 0 Å². The molecular formula is C10H11N3S2. The van der Waals surface area contributed by atoms with Crippen LogP contribution in [0.1, 0.15) is 11.4 Å². The van der Waals surface area contributed by atoms with E-state index in [9.17, 15) is 0 Å². The van der Waals surface area contributed by atoms with Gasteiger partial charge >= 0.3 is 0 Å². The molecule has 0 aromatic carbocycles. The van der Waals surface area contributed by atoms with Crippen molar-refractivity contribution in [2.45, 2.75) is 23.1 Å². The minimum atomic E-state index is 0.571. The number of nitrogen functional groups attached to an aromatic ring is 1. The van der Waals surface area contributed by atoms with E-state index < -0.39 is 0 Å². The quantitative estimate of drug-likeness (QED) is 0.816. The average molecular weight is 237 g/mol. The van der Waals surface area contributed by atoms with Crippen molar-refractivity contribution in [1.82, 2.24) is 9.97 Å². The molecule has 0 fully saturated rings. The van der Waals surface area contributed by atoms with Gasteiger partial charge in [0.05, 0.1) is 4.21 Å². The first-order chi connectivity index (χ1) is 7.16. The van der Waals surface area contributed by atoms with Gasteiger partial charge in [0.1, 0.15) is 16.7 Å².